The molecule has 2 unspecified atom stereocenters. The Balaban J connectivity index is 2.38. The van der Waals surface area contributed by atoms with E-state index in [4.69, 9.17) is 4.74 Å². The third-order valence-corrected chi connectivity index (χ3v) is 3.43. The lowest BCUT2D eigenvalue weighted by molar-refractivity contribution is -0.146. The van der Waals surface area contributed by atoms with Crippen LogP contribution >= 0.6 is 0 Å². The van der Waals surface area contributed by atoms with Crippen LogP contribution in [0.1, 0.15) is 45.4 Å². The number of ether oxygens (including phenoxy) is 1. The highest BCUT2D eigenvalue weighted by atomic mass is 16.5. The normalized spacial score (nSPS) is 23.5. The first-order valence-corrected chi connectivity index (χ1v) is 6.65. The maximum Gasteiger partial charge on any atom is 0.306 e. The lowest BCUT2D eigenvalue weighted by atomic mass is 9.91. The number of rotatable bonds is 5. The summed E-state index contributed by atoms with van der Waals surface area (Å²) in [4.78, 5) is 24.7. The molecule has 0 aromatic rings. The molecular formula is C13H23NO4. The number of aliphatic hydroxyl groups excluding tert-OH is 1. The van der Waals surface area contributed by atoms with Crippen molar-refractivity contribution >= 4 is 11.9 Å². The van der Waals surface area contributed by atoms with Gasteiger partial charge in [-0.3, -0.25) is 9.59 Å². The summed E-state index contributed by atoms with van der Waals surface area (Å²) in [6, 6.07) is -0.103. The Hall–Kier alpha value is -1.10. The molecule has 5 nitrogen and oxygen atoms in total. The third kappa shape index (κ3) is 4.29. The second-order valence-electron chi connectivity index (χ2n) is 4.73. The smallest absolute Gasteiger partial charge is 0.306 e. The predicted molar refractivity (Wildman–Crippen MR) is 66.9 cm³/mol. The summed E-state index contributed by atoms with van der Waals surface area (Å²) in [5, 5.41) is 9.86. The van der Waals surface area contributed by atoms with Crippen molar-refractivity contribution in [2.45, 2.75) is 57.6 Å². The van der Waals surface area contributed by atoms with Crippen LogP contribution in [-0.4, -0.2) is 47.7 Å². The summed E-state index contributed by atoms with van der Waals surface area (Å²) < 4.78 is 4.78. The van der Waals surface area contributed by atoms with Gasteiger partial charge in [-0.2, -0.15) is 0 Å². The van der Waals surface area contributed by atoms with E-state index < -0.39 is 6.10 Å². The van der Waals surface area contributed by atoms with Crippen LogP contribution in [0.15, 0.2) is 0 Å². The van der Waals surface area contributed by atoms with Gasteiger partial charge in [0.15, 0.2) is 0 Å². The maximum atomic E-state index is 11.9. The first-order chi connectivity index (χ1) is 8.56. The summed E-state index contributed by atoms with van der Waals surface area (Å²) in [5.74, 6) is -0.447. The first-order valence-electron chi connectivity index (χ1n) is 6.65. The van der Waals surface area contributed by atoms with Gasteiger partial charge in [-0.15, -0.1) is 0 Å². The number of hydrogen-bond acceptors (Lipinski definition) is 4. The summed E-state index contributed by atoms with van der Waals surface area (Å²) >= 11 is 0. The van der Waals surface area contributed by atoms with E-state index in [-0.39, 0.29) is 30.8 Å². The van der Waals surface area contributed by atoms with Gasteiger partial charge in [-0.25, -0.2) is 0 Å². The molecule has 104 valence electrons. The SMILES string of the molecule is CCOC(=O)CCC(=O)N(C)C1CCCCC1O. The molecule has 0 radical (unpaired) electrons. The molecule has 1 N–H and O–H groups in total. The molecule has 18 heavy (non-hydrogen) atoms. The monoisotopic (exact) mass is 257 g/mol. The Bertz CT molecular complexity index is 293. The third-order valence-electron chi connectivity index (χ3n) is 3.43. The minimum absolute atomic E-state index is 0.103. The minimum atomic E-state index is -0.435. The van der Waals surface area contributed by atoms with Crippen LogP contribution in [-0.2, 0) is 14.3 Å². The van der Waals surface area contributed by atoms with Gasteiger partial charge in [0.1, 0.15) is 0 Å². The van der Waals surface area contributed by atoms with E-state index in [1.54, 1.807) is 18.9 Å². The van der Waals surface area contributed by atoms with Crippen LogP contribution in [0.25, 0.3) is 0 Å². The molecule has 1 rings (SSSR count). The molecule has 1 saturated carbocycles. The summed E-state index contributed by atoms with van der Waals surface area (Å²) in [5.41, 5.74) is 0. The zero-order chi connectivity index (χ0) is 13.5. The molecule has 5 heteroatoms. The van der Waals surface area contributed by atoms with Gasteiger partial charge in [0.2, 0.25) is 5.91 Å². The summed E-state index contributed by atoms with van der Waals surface area (Å²) in [7, 11) is 1.70. The molecule has 1 aliphatic rings. The molecule has 2 atom stereocenters. The zero-order valence-corrected chi connectivity index (χ0v) is 11.2. The van der Waals surface area contributed by atoms with Crippen molar-refractivity contribution in [2.24, 2.45) is 0 Å². The van der Waals surface area contributed by atoms with E-state index >= 15 is 0 Å². The van der Waals surface area contributed by atoms with Crippen LogP contribution in [0.2, 0.25) is 0 Å². The highest BCUT2D eigenvalue weighted by Crippen LogP contribution is 2.22. The van der Waals surface area contributed by atoms with Gasteiger partial charge in [0.05, 0.1) is 25.2 Å². The van der Waals surface area contributed by atoms with Gasteiger partial charge >= 0.3 is 5.97 Å². The number of amides is 1. The van der Waals surface area contributed by atoms with Gasteiger partial charge < -0.3 is 14.7 Å². The second kappa shape index (κ2) is 7.36. The molecule has 1 amide bonds. The highest BCUT2D eigenvalue weighted by Gasteiger charge is 2.29. The van der Waals surface area contributed by atoms with Crippen LogP contribution in [0.3, 0.4) is 0 Å². The Morgan fingerprint density at radius 2 is 1.94 bits per heavy atom. The van der Waals surface area contributed by atoms with Crippen molar-refractivity contribution in [1.29, 1.82) is 0 Å². The molecule has 0 aromatic heterocycles. The average Bonchev–Trinajstić information content (AvgIpc) is 2.36. The number of nitrogens with zero attached hydrogens (tertiary/aromatic N) is 1. The van der Waals surface area contributed by atoms with E-state index in [0.717, 1.165) is 25.7 Å². The fourth-order valence-electron chi connectivity index (χ4n) is 2.35. The highest BCUT2D eigenvalue weighted by molar-refractivity contribution is 5.81. The van der Waals surface area contributed by atoms with Gasteiger partial charge in [-0.05, 0) is 19.8 Å². The fraction of sp³-hybridized carbons (Fsp3) is 0.846. The lowest BCUT2D eigenvalue weighted by Gasteiger charge is -2.35. The van der Waals surface area contributed by atoms with Crippen molar-refractivity contribution in [3.8, 4) is 0 Å². The van der Waals surface area contributed by atoms with Crippen LogP contribution in [0, 0.1) is 0 Å². The maximum absolute atomic E-state index is 11.9. The van der Waals surface area contributed by atoms with Crippen molar-refractivity contribution in [3.05, 3.63) is 0 Å². The quantitative estimate of drug-likeness (QED) is 0.749. The van der Waals surface area contributed by atoms with E-state index in [2.05, 4.69) is 0 Å². The number of hydrogen-bond donors (Lipinski definition) is 1. The molecule has 0 bridgehead atoms. The van der Waals surface area contributed by atoms with Crippen LogP contribution in [0.5, 0.6) is 0 Å². The van der Waals surface area contributed by atoms with Crippen molar-refractivity contribution in [1.82, 2.24) is 4.90 Å². The molecule has 0 aliphatic heterocycles. The minimum Gasteiger partial charge on any atom is -0.466 e. The number of aliphatic hydroxyl groups is 1. The molecule has 1 aliphatic carbocycles. The lowest BCUT2D eigenvalue weighted by Crippen LogP contribution is -2.46. The molecule has 1 fully saturated rings. The topological polar surface area (TPSA) is 66.8 Å². The Labute approximate surface area is 108 Å². The van der Waals surface area contributed by atoms with Gasteiger partial charge in [0.25, 0.3) is 0 Å². The fourth-order valence-corrected chi connectivity index (χ4v) is 2.35. The number of esters is 1. The van der Waals surface area contributed by atoms with Crippen LogP contribution in [0.4, 0.5) is 0 Å². The van der Waals surface area contributed by atoms with E-state index in [0.29, 0.717) is 6.61 Å². The van der Waals surface area contributed by atoms with Gasteiger partial charge in [-0.1, -0.05) is 12.8 Å². The zero-order valence-electron chi connectivity index (χ0n) is 11.2. The van der Waals surface area contributed by atoms with E-state index in [1.807, 2.05) is 0 Å². The average molecular weight is 257 g/mol. The van der Waals surface area contributed by atoms with Crippen molar-refractivity contribution in [3.63, 3.8) is 0 Å². The molecule has 0 aromatic carbocycles. The first kappa shape index (κ1) is 15.0. The largest absolute Gasteiger partial charge is 0.466 e. The number of likely N-dealkylation sites (N-methyl/N-ethyl adjacent to an activating group) is 1. The summed E-state index contributed by atoms with van der Waals surface area (Å²) in [6.45, 7) is 2.08. The van der Waals surface area contributed by atoms with E-state index in [1.165, 1.54) is 0 Å². The molecule has 0 heterocycles. The van der Waals surface area contributed by atoms with Gasteiger partial charge in [0, 0.05) is 13.5 Å². The standard InChI is InChI=1S/C13H23NO4/c1-3-18-13(17)9-8-12(16)14(2)10-6-4-5-7-11(10)15/h10-11,15H,3-9H2,1-2H3. The number of carbonyl (C=O) groups is 2. The van der Waals surface area contributed by atoms with Crippen LogP contribution < -0.4 is 0 Å². The molecule has 0 spiro atoms. The Kier molecular flexibility index (Phi) is 6.12. The second-order valence-corrected chi connectivity index (χ2v) is 4.73. The molecule has 0 saturated heterocycles. The molecular weight excluding hydrogens is 234 g/mol. The van der Waals surface area contributed by atoms with Crippen molar-refractivity contribution < 1.29 is 19.4 Å². The predicted octanol–water partition coefficient (Wildman–Crippen LogP) is 1.09. The summed E-state index contributed by atoms with van der Waals surface area (Å²) in [6.07, 6.45) is 3.47. The Morgan fingerprint density at radius 1 is 1.28 bits per heavy atom. The number of carbonyl (C=O) groups excluding carboxylic acids is 2. The van der Waals surface area contributed by atoms with Crippen molar-refractivity contribution in [2.75, 3.05) is 13.7 Å². The Morgan fingerprint density at radius 3 is 2.56 bits per heavy atom. The van der Waals surface area contributed by atoms with E-state index in [9.17, 15) is 14.7 Å².